The lowest BCUT2D eigenvalue weighted by Gasteiger charge is -2.18. The van der Waals surface area contributed by atoms with Crippen LogP contribution in [0, 0.1) is 0 Å². The molecule has 0 aromatic heterocycles. The normalized spacial score (nSPS) is 12.4. The van der Waals surface area contributed by atoms with Gasteiger partial charge >= 0.3 is 17.9 Å². The van der Waals surface area contributed by atoms with Crippen molar-refractivity contribution in [1.29, 1.82) is 0 Å². The van der Waals surface area contributed by atoms with E-state index in [1.807, 2.05) is 0 Å². The van der Waals surface area contributed by atoms with Crippen molar-refractivity contribution in [2.24, 2.45) is 0 Å². The zero-order valence-corrected chi connectivity index (χ0v) is 37.6. The molecule has 0 spiro atoms. The molecule has 0 aliphatic rings. The topological polar surface area (TPSA) is 78.9 Å². The molecule has 0 aliphatic carbocycles. The number of hydrogen-bond donors (Lipinski definition) is 0. The molecular formula is C51H90O6. The summed E-state index contributed by atoms with van der Waals surface area (Å²) >= 11 is 0. The minimum absolute atomic E-state index is 0.0857. The van der Waals surface area contributed by atoms with Gasteiger partial charge in [-0.1, -0.05) is 198 Å². The van der Waals surface area contributed by atoms with Crippen LogP contribution >= 0.6 is 0 Å². The lowest BCUT2D eigenvalue weighted by molar-refractivity contribution is -0.167. The largest absolute Gasteiger partial charge is 0.462 e. The van der Waals surface area contributed by atoms with Crippen LogP contribution in [0.3, 0.4) is 0 Å². The average Bonchev–Trinajstić information content (AvgIpc) is 3.21. The summed E-state index contributed by atoms with van der Waals surface area (Å²) in [5, 5.41) is 0. The van der Waals surface area contributed by atoms with Gasteiger partial charge in [-0.25, -0.2) is 0 Å². The maximum absolute atomic E-state index is 12.7. The molecule has 0 rings (SSSR count). The Labute approximate surface area is 352 Å². The molecule has 0 aromatic rings. The SMILES string of the molecule is CC/C=C\C/C=C\C/C=C\CCCCCC(=O)OC(COC(=O)CCCCCCC/C=C\CCCC)COC(=O)CCCCCCCCCCCCCCCCC. The Kier molecular flexibility index (Phi) is 43.9. The number of unbranched alkanes of at least 4 members (excludes halogenated alkanes) is 24. The van der Waals surface area contributed by atoms with Crippen molar-refractivity contribution in [3.8, 4) is 0 Å². The van der Waals surface area contributed by atoms with Crippen molar-refractivity contribution >= 4 is 17.9 Å². The average molecular weight is 799 g/mol. The molecule has 330 valence electrons. The highest BCUT2D eigenvalue weighted by molar-refractivity contribution is 5.71. The van der Waals surface area contributed by atoms with E-state index < -0.39 is 6.10 Å². The molecule has 0 saturated heterocycles. The Morgan fingerprint density at radius 1 is 0.368 bits per heavy atom. The summed E-state index contributed by atoms with van der Waals surface area (Å²) < 4.78 is 16.7. The number of carbonyl (C=O) groups is 3. The smallest absolute Gasteiger partial charge is 0.306 e. The maximum atomic E-state index is 12.7. The van der Waals surface area contributed by atoms with E-state index in [9.17, 15) is 14.4 Å². The highest BCUT2D eigenvalue weighted by atomic mass is 16.6. The van der Waals surface area contributed by atoms with Gasteiger partial charge in [0, 0.05) is 19.3 Å². The van der Waals surface area contributed by atoms with Crippen molar-refractivity contribution < 1.29 is 28.6 Å². The van der Waals surface area contributed by atoms with Crippen molar-refractivity contribution in [2.45, 2.75) is 245 Å². The van der Waals surface area contributed by atoms with E-state index in [-0.39, 0.29) is 31.1 Å². The van der Waals surface area contributed by atoms with Crippen LogP contribution in [0.1, 0.15) is 239 Å². The number of carbonyl (C=O) groups excluding carboxylic acids is 3. The second kappa shape index (κ2) is 46.1. The number of rotatable bonds is 43. The van der Waals surface area contributed by atoms with E-state index in [1.165, 1.54) is 109 Å². The minimum atomic E-state index is -0.787. The van der Waals surface area contributed by atoms with Crippen LogP contribution in [0.4, 0.5) is 0 Å². The van der Waals surface area contributed by atoms with Crippen LogP contribution in [0.5, 0.6) is 0 Å². The molecule has 0 heterocycles. The molecule has 57 heavy (non-hydrogen) atoms. The summed E-state index contributed by atoms with van der Waals surface area (Å²) in [7, 11) is 0. The van der Waals surface area contributed by atoms with Gasteiger partial charge in [-0.2, -0.15) is 0 Å². The predicted octanol–water partition coefficient (Wildman–Crippen LogP) is 15.5. The van der Waals surface area contributed by atoms with Gasteiger partial charge in [-0.15, -0.1) is 0 Å². The fourth-order valence-electron chi connectivity index (χ4n) is 6.67. The lowest BCUT2D eigenvalue weighted by atomic mass is 10.0. The minimum Gasteiger partial charge on any atom is -0.462 e. The number of esters is 3. The highest BCUT2D eigenvalue weighted by Crippen LogP contribution is 2.15. The van der Waals surface area contributed by atoms with E-state index in [0.29, 0.717) is 19.3 Å². The van der Waals surface area contributed by atoms with Gasteiger partial charge in [0.2, 0.25) is 0 Å². The molecule has 0 saturated carbocycles. The van der Waals surface area contributed by atoms with Crippen LogP contribution in [0.15, 0.2) is 48.6 Å². The van der Waals surface area contributed by atoms with Crippen molar-refractivity contribution in [2.75, 3.05) is 13.2 Å². The van der Waals surface area contributed by atoms with Crippen LogP contribution in [0.25, 0.3) is 0 Å². The molecule has 0 amide bonds. The Morgan fingerprint density at radius 3 is 1.16 bits per heavy atom. The number of hydrogen-bond acceptors (Lipinski definition) is 6. The molecule has 0 aliphatic heterocycles. The first-order chi connectivity index (χ1) is 28.0. The zero-order chi connectivity index (χ0) is 41.5. The molecule has 1 atom stereocenters. The van der Waals surface area contributed by atoms with E-state index in [4.69, 9.17) is 14.2 Å². The number of ether oxygens (including phenoxy) is 3. The molecule has 0 radical (unpaired) electrons. The number of allylic oxidation sites excluding steroid dienone is 8. The van der Waals surface area contributed by atoms with E-state index in [1.54, 1.807) is 0 Å². The summed E-state index contributed by atoms with van der Waals surface area (Å²) in [6.45, 7) is 6.46. The Morgan fingerprint density at radius 2 is 0.702 bits per heavy atom. The van der Waals surface area contributed by atoms with Gasteiger partial charge < -0.3 is 14.2 Å². The van der Waals surface area contributed by atoms with Gasteiger partial charge in [-0.05, 0) is 70.6 Å². The van der Waals surface area contributed by atoms with Gasteiger partial charge in [0.1, 0.15) is 13.2 Å². The summed E-state index contributed by atoms with van der Waals surface area (Å²) in [6.07, 6.45) is 53.8. The van der Waals surface area contributed by atoms with E-state index >= 15 is 0 Å². The van der Waals surface area contributed by atoms with Gasteiger partial charge in [0.05, 0.1) is 0 Å². The van der Waals surface area contributed by atoms with Crippen molar-refractivity contribution in [3.63, 3.8) is 0 Å². The maximum Gasteiger partial charge on any atom is 0.306 e. The summed E-state index contributed by atoms with van der Waals surface area (Å²) in [4.78, 5) is 37.8. The third-order valence-electron chi connectivity index (χ3n) is 10.3. The Balaban J connectivity index is 4.39. The molecule has 0 fully saturated rings. The predicted molar refractivity (Wildman–Crippen MR) is 242 cm³/mol. The zero-order valence-electron chi connectivity index (χ0n) is 37.6. The Bertz CT molecular complexity index is 1010. The molecule has 6 heteroatoms. The molecule has 6 nitrogen and oxygen atoms in total. The molecule has 1 unspecified atom stereocenters. The Hall–Kier alpha value is -2.63. The highest BCUT2D eigenvalue weighted by Gasteiger charge is 2.19. The van der Waals surface area contributed by atoms with Crippen molar-refractivity contribution in [1.82, 2.24) is 0 Å². The third kappa shape index (κ3) is 44.3. The fraction of sp³-hybridized carbons (Fsp3) is 0.784. The molecule has 0 N–H and O–H groups in total. The fourth-order valence-corrected chi connectivity index (χ4v) is 6.67. The summed E-state index contributed by atoms with van der Waals surface area (Å²) in [5.41, 5.74) is 0. The molecular weight excluding hydrogens is 709 g/mol. The summed E-state index contributed by atoms with van der Waals surface area (Å²) in [6, 6.07) is 0. The monoisotopic (exact) mass is 799 g/mol. The second-order valence-electron chi connectivity index (χ2n) is 16.0. The quantitative estimate of drug-likeness (QED) is 0.0265. The molecule has 0 bridgehead atoms. The summed E-state index contributed by atoms with van der Waals surface area (Å²) in [5.74, 6) is -0.922. The van der Waals surface area contributed by atoms with Gasteiger partial charge in [0.25, 0.3) is 0 Å². The van der Waals surface area contributed by atoms with Crippen LogP contribution < -0.4 is 0 Å². The van der Waals surface area contributed by atoms with E-state index in [2.05, 4.69) is 69.4 Å². The van der Waals surface area contributed by atoms with Crippen LogP contribution in [-0.2, 0) is 28.6 Å². The lowest BCUT2D eigenvalue weighted by Crippen LogP contribution is -2.30. The first-order valence-electron chi connectivity index (χ1n) is 24.1. The first-order valence-corrected chi connectivity index (χ1v) is 24.1. The first kappa shape index (κ1) is 54.4. The molecule has 0 aromatic carbocycles. The van der Waals surface area contributed by atoms with Gasteiger partial charge in [-0.3, -0.25) is 14.4 Å². The van der Waals surface area contributed by atoms with E-state index in [0.717, 1.165) is 89.9 Å². The third-order valence-corrected chi connectivity index (χ3v) is 10.3. The van der Waals surface area contributed by atoms with Gasteiger partial charge in [0.15, 0.2) is 6.10 Å². The van der Waals surface area contributed by atoms with Crippen LogP contribution in [0.2, 0.25) is 0 Å². The van der Waals surface area contributed by atoms with Crippen molar-refractivity contribution in [3.05, 3.63) is 48.6 Å². The van der Waals surface area contributed by atoms with Crippen LogP contribution in [-0.4, -0.2) is 37.2 Å². The second-order valence-corrected chi connectivity index (χ2v) is 16.0. The standard InChI is InChI=1S/C51H90O6/c1-4-7-10-13-16-19-22-24-25-27-29-32-35-38-41-44-50(53)56-47-48(46-55-49(52)43-40-37-34-31-28-21-18-15-12-9-6-3)57-51(54)45-42-39-36-33-30-26-23-20-17-14-11-8-5-2/h8,11,15,17-18,20,26,30,48H,4-7,9-10,12-14,16,19,21-25,27-29,31-47H2,1-3H3/b11-8-,18-15-,20-17-,30-26-.